The molecule has 1 amide bonds. The van der Waals surface area contributed by atoms with Crippen LogP contribution in [0.25, 0.3) is 0 Å². The molecule has 1 fully saturated rings. The SMILES string of the molecule is CC(=O)O[C@H]1NC(=O)[C@@H]1[C@@H](C)O[SiH3]. The summed E-state index contributed by atoms with van der Waals surface area (Å²) < 4.78 is 9.98. The standard InChI is InChI=1S/C7H13NO4Si/c1-3(12-13)5-6(10)8-7(5)11-4(2)9/h3,5,7H,1-2,13H3,(H,8,10)/t3-,5+,7-/m1/s1. The summed E-state index contributed by atoms with van der Waals surface area (Å²) >= 11 is 0. The molecule has 1 heterocycles. The zero-order valence-electron chi connectivity index (χ0n) is 7.87. The minimum absolute atomic E-state index is 0.116. The van der Waals surface area contributed by atoms with Gasteiger partial charge in [-0.1, -0.05) is 0 Å². The number of carbonyl (C=O) groups is 2. The zero-order chi connectivity index (χ0) is 10.0. The van der Waals surface area contributed by atoms with E-state index in [9.17, 15) is 9.59 Å². The largest absolute Gasteiger partial charge is 0.441 e. The lowest BCUT2D eigenvalue weighted by Gasteiger charge is -2.38. The van der Waals surface area contributed by atoms with Crippen molar-refractivity contribution in [3.05, 3.63) is 0 Å². The third-order valence-corrected chi connectivity index (χ3v) is 2.83. The van der Waals surface area contributed by atoms with Crippen LogP contribution in [0.1, 0.15) is 13.8 Å². The number of ether oxygens (including phenoxy) is 1. The van der Waals surface area contributed by atoms with Gasteiger partial charge < -0.3 is 14.5 Å². The van der Waals surface area contributed by atoms with Crippen molar-refractivity contribution in [3.63, 3.8) is 0 Å². The van der Waals surface area contributed by atoms with Crippen LogP contribution in [0.3, 0.4) is 0 Å². The first-order chi connectivity index (χ1) is 6.06. The van der Waals surface area contributed by atoms with Gasteiger partial charge in [-0.25, -0.2) is 0 Å². The predicted octanol–water partition coefficient (Wildman–Crippen LogP) is -1.69. The molecule has 0 aromatic heterocycles. The van der Waals surface area contributed by atoms with E-state index >= 15 is 0 Å². The van der Waals surface area contributed by atoms with Crippen LogP contribution >= 0.6 is 0 Å². The van der Waals surface area contributed by atoms with Gasteiger partial charge in [-0.3, -0.25) is 9.59 Å². The van der Waals surface area contributed by atoms with Crippen molar-refractivity contribution in [1.82, 2.24) is 5.32 Å². The Bertz CT molecular complexity index is 233. The van der Waals surface area contributed by atoms with E-state index in [0.29, 0.717) is 10.5 Å². The lowest BCUT2D eigenvalue weighted by Crippen LogP contribution is -2.63. The molecule has 0 bridgehead atoms. The molecule has 0 aromatic rings. The average molecular weight is 203 g/mol. The Morgan fingerprint density at radius 3 is 2.69 bits per heavy atom. The Labute approximate surface area is 79.3 Å². The summed E-state index contributed by atoms with van der Waals surface area (Å²) in [6, 6.07) is 0. The molecule has 0 radical (unpaired) electrons. The summed E-state index contributed by atoms with van der Waals surface area (Å²) in [6.45, 7) is 3.11. The summed E-state index contributed by atoms with van der Waals surface area (Å²) in [5.74, 6) is -0.855. The third kappa shape index (κ3) is 2.07. The number of amides is 1. The van der Waals surface area contributed by atoms with E-state index in [-0.39, 0.29) is 17.9 Å². The molecule has 5 nitrogen and oxygen atoms in total. The van der Waals surface area contributed by atoms with Crippen molar-refractivity contribution in [3.8, 4) is 0 Å². The fourth-order valence-electron chi connectivity index (χ4n) is 1.25. The van der Waals surface area contributed by atoms with Crippen molar-refractivity contribution in [2.45, 2.75) is 26.2 Å². The summed E-state index contributed by atoms with van der Waals surface area (Å²) in [4.78, 5) is 21.7. The summed E-state index contributed by atoms with van der Waals surface area (Å²) in [7, 11) is 0.570. The molecule has 0 aliphatic carbocycles. The highest BCUT2D eigenvalue weighted by Crippen LogP contribution is 2.21. The minimum atomic E-state index is -0.506. The van der Waals surface area contributed by atoms with Crippen LogP contribution in [0, 0.1) is 5.92 Å². The van der Waals surface area contributed by atoms with Crippen molar-refractivity contribution in [2.75, 3.05) is 0 Å². The first-order valence-electron chi connectivity index (χ1n) is 4.06. The second-order valence-electron chi connectivity index (χ2n) is 3.01. The number of hydrogen-bond donors (Lipinski definition) is 1. The molecule has 74 valence electrons. The van der Waals surface area contributed by atoms with E-state index in [0.717, 1.165) is 0 Å². The van der Waals surface area contributed by atoms with E-state index in [4.69, 9.17) is 9.16 Å². The average Bonchev–Trinajstić information content (AvgIpc) is 2.02. The van der Waals surface area contributed by atoms with Gasteiger partial charge in [-0.2, -0.15) is 0 Å². The normalized spacial score (nSPS) is 28.9. The minimum Gasteiger partial charge on any atom is -0.441 e. The molecule has 13 heavy (non-hydrogen) atoms. The van der Waals surface area contributed by atoms with Gasteiger partial charge in [0, 0.05) is 6.92 Å². The van der Waals surface area contributed by atoms with E-state index in [1.54, 1.807) is 6.92 Å². The number of rotatable bonds is 3. The maximum absolute atomic E-state index is 11.1. The maximum atomic E-state index is 11.1. The van der Waals surface area contributed by atoms with Crippen molar-refractivity contribution >= 4 is 22.4 Å². The molecule has 3 atom stereocenters. The second-order valence-corrected chi connectivity index (χ2v) is 3.48. The van der Waals surface area contributed by atoms with E-state index in [2.05, 4.69) is 5.32 Å². The van der Waals surface area contributed by atoms with Gasteiger partial charge in [-0.05, 0) is 6.92 Å². The van der Waals surface area contributed by atoms with Gasteiger partial charge >= 0.3 is 5.97 Å². The Balaban J connectivity index is 2.50. The maximum Gasteiger partial charge on any atom is 0.304 e. The molecule has 1 saturated heterocycles. The molecule has 1 N–H and O–H groups in total. The highest BCUT2D eigenvalue weighted by molar-refractivity contribution is 5.98. The predicted molar refractivity (Wildman–Crippen MR) is 47.7 cm³/mol. The lowest BCUT2D eigenvalue weighted by atomic mass is 9.93. The van der Waals surface area contributed by atoms with Crippen molar-refractivity contribution < 1.29 is 18.8 Å². The summed E-state index contributed by atoms with van der Waals surface area (Å²) in [5, 5.41) is 2.49. The van der Waals surface area contributed by atoms with Gasteiger partial charge in [0.05, 0.1) is 6.10 Å². The Hall–Kier alpha value is -0.883. The zero-order valence-corrected chi connectivity index (χ0v) is 9.87. The van der Waals surface area contributed by atoms with Crippen LogP contribution in [0.5, 0.6) is 0 Å². The monoisotopic (exact) mass is 203 g/mol. The Morgan fingerprint density at radius 2 is 2.31 bits per heavy atom. The molecule has 0 spiro atoms. The fourth-order valence-corrected chi connectivity index (χ4v) is 1.55. The topological polar surface area (TPSA) is 64.6 Å². The van der Waals surface area contributed by atoms with Gasteiger partial charge in [0.15, 0.2) is 6.23 Å². The molecular formula is C7H13NO4Si. The van der Waals surface area contributed by atoms with Gasteiger partial charge in [0.25, 0.3) is 0 Å². The number of carbonyl (C=O) groups excluding carboxylic acids is 2. The van der Waals surface area contributed by atoms with Crippen LogP contribution < -0.4 is 5.32 Å². The van der Waals surface area contributed by atoms with E-state index in [1.165, 1.54) is 6.92 Å². The molecule has 6 heteroatoms. The first kappa shape index (κ1) is 10.2. The molecule has 1 rings (SSSR count). The third-order valence-electron chi connectivity index (χ3n) is 2.08. The van der Waals surface area contributed by atoms with Gasteiger partial charge in [0.2, 0.25) is 5.91 Å². The summed E-state index contributed by atoms with van der Waals surface area (Å²) in [5.41, 5.74) is 0. The number of esters is 1. The smallest absolute Gasteiger partial charge is 0.304 e. The first-order valence-corrected chi connectivity index (χ1v) is 4.88. The van der Waals surface area contributed by atoms with Crippen molar-refractivity contribution in [2.24, 2.45) is 5.92 Å². The molecular weight excluding hydrogens is 190 g/mol. The molecule has 0 aromatic carbocycles. The number of β-lactam (4-membered cyclic amide) rings is 1. The van der Waals surface area contributed by atoms with Crippen LogP contribution in [0.2, 0.25) is 0 Å². The molecule has 1 aliphatic heterocycles. The molecule has 0 unspecified atom stereocenters. The Kier molecular flexibility index (Phi) is 3.05. The van der Waals surface area contributed by atoms with Crippen LogP contribution in [-0.2, 0) is 18.8 Å². The van der Waals surface area contributed by atoms with Gasteiger partial charge in [-0.15, -0.1) is 0 Å². The Morgan fingerprint density at radius 1 is 1.69 bits per heavy atom. The van der Waals surface area contributed by atoms with E-state index in [1.807, 2.05) is 0 Å². The number of hydrogen-bond acceptors (Lipinski definition) is 4. The highest BCUT2D eigenvalue weighted by atomic mass is 28.2. The highest BCUT2D eigenvalue weighted by Gasteiger charge is 2.45. The molecule has 1 aliphatic rings. The van der Waals surface area contributed by atoms with Gasteiger partial charge in [0.1, 0.15) is 16.4 Å². The van der Waals surface area contributed by atoms with Crippen LogP contribution in [0.4, 0.5) is 0 Å². The lowest BCUT2D eigenvalue weighted by molar-refractivity contribution is -0.172. The van der Waals surface area contributed by atoms with Crippen LogP contribution in [-0.4, -0.2) is 34.7 Å². The molecule has 0 saturated carbocycles. The number of nitrogens with one attached hydrogen (secondary N) is 1. The van der Waals surface area contributed by atoms with E-state index < -0.39 is 12.2 Å². The fraction of sp³-hybridized carbons (Fsp3) is 0.714. The van der Waals surface area contributed by atoms with Crippen LogP contribution in [0.15, 0.2) is 0 Å². The van der Waals surface area contributed by atoms with Crippen molar-refractivity contribution in [1.29, 1.82) is 0 Å². The summed E-state index contributed by atoms with van der Waals surface area (Å²) in [6.07, 6.45) is -0.682. The quantitative estimate of drug-likeness (QED) is 0.337. The second kappa shape index (κ2) is 3.88.